The van der Waals surface area contributed by atoms with Gasteiger partial charge in [-0.2, -0.15) is 0 Å². The summed E-state index contributed by atoms with van der Waals surface area (Å²) in [4.78, 5) is 4.11. The largest absolute Gasteiger partial charge is 0.494 e. The van der Waals surface area contributed by atoms with E-state index in [0.29, 0.717) is 6.61 Å². The van der Waals surface area contributed by atoms with E-state index >= 15 is 0 Å². The molecule has 2 unspecified atom stereocenters. The lowest BCUT2D eigenvalue weighted by Crippen LogP contribution is -2.29. The van der Waals surface area contributed by atoms with Gasteiger partial charge in [-0.15, -0.1) is 0 Å². The second kappa shape index (κ2) is 6.91. The molecule has 20 heavy (non-hydrogen) atoms. The maximum absolute atomic E-state index is 6.02. The molecule has 0 aliphatic rings. The SMILES string of the molecule is CCOc1ccc(OC(c2cccnc2)C(C)N)cc1. The number of nitrogens with zero attached hydrogens (tertiary/aromatic N) is 1. The van der Waals surface area contributed by atoms with Crippen LogP contribution in [-0.2, 0) is 0 Å². The average molecular weight is 272 g/mol. The van der Waals surface area contributed by atoms with Gasteiger partial charge in [0, 0.05) is 24.0 Å². The Balaban J connectivity index is 2.12. The van der Waals surface area contributed by atoms with Gasteiger partial charge >= 0.3 is 0 Å². The zero-order valence-corrected chi connectivity index (χ0v) is 11.8. The third-order valence-electron chi connectivity index (χ3n) is 2.89. The number of benzene rings is 1. The van der Waals surface area contributed by atoms with Gasteiger partial charge < -0.3 is 15.2 Å². The van der Waals surface area contributed by atoms with Crippen LogP contribution in [0.2, 0.25) is 0 Å². The van der Waals surface area contributed by atoms with Crippen LogP contribution in [-0.4, -0.2) is 17.6 Å². The third-order valence-corrected chi connectivity index (χ3v) is 2.89. The van der Waals surface area contributed by atoms with Gasteiger partial charge in [-0.1, -0.05) is 6.07 Å². The van der Waals surface area contributed by atoms with Crippen molar-refractivity contribution in [3.05, 3.63) is 54.4 Å². The van der Waals surface area contributed by atoms with Gasteiger partial charge in [-0.25, -0.2) is 0 Å². The van der Waals surface area contributed by atoms with Crippen LogP contribution < -0.4 is 15.2 Å². The van der Waals surface area contributed by atoms with Gasteiger partial charge in [-0.05, 0) is 44.2 Å². The van der Waals surface area contributed by atoms with Crippen molar-refractivity contribution in [1.29, 1.82) is 0 Å². The molecule has 2 aromatic rings. The Hall–Kier alpha value is -2.07. The molecule has 0 fully saturated rings. The summed E-state index contributed by atoms with van der Waals surface area (Å²) in [5.74, 6) is 1.60. The third kappa shape index (κ3) is 3.71. The summed E-state index contributed by atoms with van der Waals surface area (Å²) in [5.41, 5.74) is 6.99. The second-order valence-corrected chi connectivity index (χ2v) is 4.59. The Morgan fingerprint density at radius 2 is 1.85 bits per heavy atom. The second-order valence-electron chi connectivity index (χ2n) is 4.59. The molecular formula is C16H20N2O2. The minimum Gasteiger partial charge on any atom is -0.494 e. The van der Waals surface area contributed by atoms with Crippen molar-refractivity contribution in [3.8, 4) is 11.5 Å². The van der Waals surface area contributed by atoms with E-state index in [0.717, 1.165) is 17.1 Å². The van der Waals surface area contributed by atoms with Crippen molar-refractivity contribution in [2.45, 2.75) is 26.0 Å². The van der Waals surface area contributed by atoms with Gasteiger partial charge in [0.2, 0.25) is 0 Å². The summed E-state index contributed by atoms with van der Waals surface area (Å²) in [6.45, 7) is 4.53. The monoisotopic (exact) mass is 272 g/mol. The predicted octanol–water partition coefficient (Wildman–Crippen LogP) is 2.95. The molecule has 0 saturated carbocycles. The average Bonchev–Trinajstić information content (AvgIpc) is 2.47. The topological polar surface area (TPSA) is 57.4 Å². The normalized spacial score (nSPS) is 13.6. The molecule has 0 radical (unpaired) electrons. The number of ether oxygens (including phenoxy) is 2. The first-order chi connectivity index (χ1) is 9.70. The molecule has 0 saturated heterocycles. The van der Waals surface area contributed by atoms with E-state index in [1.165, 1.54) is 0 Å². The maximum atomic E-state index is 6.02. The van der Waals surface area contributed by atoms with Crippen LogP contribution in [0.1, 0.15) is 25.5 Å². The molecule has 0 amide bonds. The summed E-state index contributed by atoms with van der Waals surface area (Å²) >= 11 is 0. The lowest BCUT2D eigenvalue weighted by molar-refractivity contribution is 0.180. The molecule has 0 aliphatic heterocycles. The summed E-state index contributed by atoms with van der Waals surface area (Å²) in [6, 6.07) is 11.3. The lowest BCUT2D eigenvalue weighted by Gasteiger charge is -2.22. The molecule has 4 nitrogen and oxygen atoms in total. The Labute approximate surface area is 119 Å². The molecule has 2 atom stereocenters. The van der Waals surface area contributed by atoms with Gasteiger partial charge in [0.15, 0.2) is 0 Å². The van der Waals surface area contributed by atoms with Crippen LogP contribution >= 0.6 is 0 Å². The smallest absolute Gasteiger partial charge is 0.140 e. The molecule has 1 heterocycles. The molecule has 2 rings (SSSR count). The fourth-order valence-corrected chi connectivity index (χ4v) is 1.95. The van der Waals surface area contributed by atoms with Crippen LogP contribution in [0.15, 0.2) is 48.8 Å². The van der Waals surface area contributed by atoms with E-state index in [2.05, 4.69) is 4.98 Å². The van der Waals surface area contributed by atoms with E-state index < -0.39 is 0 Å². The highest BCUT2D eigenvalue weighted by atomic mass is 16.5. The maximum Gasteiger partial charge on any atom is 0.140 e. The Kier molecular flexibility index (Phi) is 4.96. The summed E-state index contributed by atoms with van der Waals surface area (Å²) in [5, 5.41) is 0. The van der Waals surface area contributed by atoms with Gasteiger partial charge in [0.05, 0.1) is 6.61 Å². The van der Waals surface area contributed by atoms with E-state index in [1.54, 1.807) is 12.4 Å². The molecule has 1 aromatic heterocycles. The Morgan fingerprint density at radius 1 is 1.15 bits per heavy atom. The predicted molar refractivity (Wildman–Crippen MR) is 78.9 cm³/mol. The minimum atomic E-state index is -0.221. The fraction of sp³-hybridized carbons (Fsp3) is 0.312. The van der Waals surface area contributed by atoms with E-state index in [1.807, 2.05) is 50.2 Å². The van der Waals surface area contributed by atoms with Crippen molar-refractivity contribution >= 4 is 0 Å². The minimum absolute atomic E-state index is 0.134. The zero-order valence-electron chi connectivity index (χ0n) is 11.8. The Morgan fingerprint density at radius 3 is 2.40 bits per heavy atom. The van der Waals surface area contributed by atoms with Crippen molar-refractivity contribution in [2.24, 2.45) is 5.73 Å². The molecule has 106 valence electrons. The van der Waals surface area contributed by atoms with E-state index in [4.69, 9.17) is 15.2 Å². The molecule has 0 bridgehead atoms. The van der Waals surface area contributed by atoms with E-state index in [9.17, 15) is 0 Å². The van der Waals surface area contributed by atoms with Gasteiger partial charge in [-0.3, -0.25) is 4.98 Å². The summed E-state index contributed by atoms with van der Waals surface area (Å²) < 4.78 is 11.4. The summed E-state index contributed by atoms with van der Waals surface area (Å²) in [6.07, 6.45) is 3.29. The highest BCUT2D eigenvalue weighted by molar-refractivity contribution is 5.32. The first-order valence-electron chi connectivity index (χ1n) is 6.75. The Bertz CT molecular complexity index is 512. The fourth-order valence-electron chi connectivity index (χ4n) is 1.95. The summed E-state index contributed by atoms with van der Waals surface area (Å²) in [7, 11) is 0. The van der Waals surface area contributed by atoms with Crippen LogP contribution in [0.5, 0.6) is 11.5 Å². The van der Waals surface area contributed by atoms with Gasteiger partial charge in [0.25, 0.3) is 0 Å². The number of hydrogen-bond donors (Lipinski definition) is 1. The molecular weight excluding hydrogens is 252 g/mol. The molecule has 4 heteroatoms. The first-order valence-corrected chi connectivity index (χ1v) is 6.75. The van der Waals surface area contributed by atoms with Gasteiger partial charge in [0.1, 0.15) is 17.6 Å². The number of hydrogen-bond acceptors (Lipinski definition) is 4. The lowest BCUT2D eigenvalue weighted by atomic mass is 10.1. The first kappa shape index (κ1) is 14.3. The molecule has 0 spiro atoms. The number of rotatable bonds is 6. The number of pyridine rings is 1. The molecule has 2 N–H and O–H groups in total. The number of nitrogens with two attached hydrogens (primary N) is 1. The molecule has 0 aliphatic carbocycles. The number of aromatic nitrogens is 1. The highest BCUT2D eigenvalue weighted by Gasteiger charge is 2.18. The highest BCUT2D eigenvalue weighted by Crippen LogP contribution is 2.25. The van der Waals surface area contributed by atoms with E-state index in [-0.39, 0.29) is 12.1 Å². The van der Waals surface area contributed by atoms with Crippen molar-refractivity contribution in [2.75, 3.05) is 6.61 Å². The van der Waals surface area contributed by atoms with Crippen LogP contribution in [0.4, 0.5) is 0 Å². The standard InChI is InChI=1S/C16H20N2O2/c1-3-19-14-6-8-15(9-7-14)20-16(12(2)17)13-5-4-10-18-11-13/h4-12,16H,3,17H2,1-2H3. The van der Waals surface area contributed by atoms with Crippen LogP contribution in [0, 0.1) is 0 Å². The van der Waals surface area contributed by atoms with Crippen molar-refractivity contribution in [1.82, 2.24) is 4.98 Å². The quantitative estimate of drug-likeness (QED) is 0.878. The zero-order chi connectivity index (χ0) is 14.4. The molecule has 1 aromatic carbocycles. The van der Waals surface area contributed by atoms with Crippen molar-refractivity contribution < 1.29 is 9.47 Å². The van der Waals surface area contributed by atoms with Crippen LogP contribution in [0.25, 0.3) is 0 Å². The van der Waals surface area contributed by atoms with Crippen LogP contribution in [0.3, 0.4) is 0 Å². The van der Waals surface area contributed by atoms with Crippen molar-refractivity contribution in [3.63, 3.8) is 0 Å².